The first-order valence-corrected chi connectivity index (χ1v) is 18.4. The molecule has 1 saturated carbocycles. The summed E-state index contributed by atoms with van der Waals surface area (Å²) in [5, 5.41) is 3.20. The van der Waals surface area contributed by atoms with Crippen molar-refractivity contribution in [3.8, 4) is 0 Å². The summed E-state index contributed by atoms with van der Waals surface area (Å²) in [7, 11) is -3.88. The van der Waals surface area contributed by atoms with Crippen molar-refractivity contribution < 1.29 is 41.1 Å². The van der Waals surface area contributed by atoms with Gasteiger partial charge in [0.15, 0.2) is 0 Å². The third-order valence-electron chi connectivity index (χ3n) is 9.42. The first-order chi connectivity index (χ1) is 23.0. The van der Waals surface area contributed by atoms with E-state index in [0.29, 0.717) is 56.2 Å². The summed E-state index contributed by atoms with van der Waals surface area (Å²) < 4.78 is 61.2. The molecule has 258 valence electrons. The number of esters is 1. The molecule has 0 spiro atoms. The Bertz CT molecular complexity index is 1800. The maximum absolute atomic E-state index is 15.8. The van der Waals surface area contributed by atoms with E-state index in [4.69, 9.17) is 25.5 Å². The van der Waals surface area contributed by atoms with Crippen LogP contribution in [0.3, 0.4) is 0 Å². The van der Waals surface area contributed by atoms with Crippen LogP contribution in [0.5, 0.6) is 0 Å². The van der Waals surface area contributed by atoms with Crippen molar-refractivity contribution >= 4 is 55.9 Å². The van der Waals surface area contributed by atoms with Gasteiger partial charge in [-0.05, 0) is 75.6 Å². The van der Waals surface area contributed by atoms with Gasteiger partial charge in [-0.25, -0.2) is 12.8 Å². The van der Waals surface area contributed by atoms with Crippen LogP contribution in [0.25, 0.3) is 11.0 Å². The number of carbonyl (C=O) groups excluding carboxylic acids is 3. The number of benzene rings is 2. The molecule has 11 nitrogen and oxygen atoms in total. The summed E-state index contributed by atoms with van der Waals surface area (Å²) in [6, 6.07) is 9.31. The molecular formula is C34H39ClFN3O8S. The Kier molecular flexibility index (Phi) is 10.2. The number of amides is 1. The molecule has 3 aliphatic rings. The van der Waals surface area contributed by atoms with Crippen molar-refractivity contribution in [2.24, 2.45) is 5.92 Å². The molecule has 2 aromatic carbocycles. The first kappa shape index (κ1) is 34.5. The molecule has 1 atom stereocenters. The number of ether oxygens (including phenoxy) is 2. The molecule has 1 unspecified atom stereocenters. The monoisotopic (exact) mass is 703 g/mol. The predicted octanol–water partition coefficient (Wildman–Crippen LogP) is 5.51. The number of likely N-dealkylation sites (tertiary alicyclic amines) is 1. The van der Waals surface area contributed by atoms with Gasteiger partial charge in [-0.15, -0.1) is 0 Å². The van der Waals surface area contributed by atoms with Crippen molar-refractivity contribution in [3.05, 3.63) is 64.6 Å². The highest BCUT2D eigenvalue weighted by atomic mass is 35.5. The van der Waals surface area contributed by atoms with Gasteiger partial charge in [-0.1, -0.05) is 29.8 Å². The quantitative estimate of drug-likeness (QED) is 0.257. The minimum atomic E-state index is -3.88. The van der Waals surface area contributed by atoms with Crippen LogP contribution in [-0.2, 0) is 35.5 Å². The molecule has 0 radical (unpaired) electrons. The van der Waals surface area contributed by atoms with Gasteiger partial charge >= 0.3 is 5.97 Å². The molecule has 3 fully saturated rings. The van der Waals surface area contributed by atoms with Gasteiger partial charge in [0, 0.05) is 31.4 Å². The molecule has 2 aliphatic heterocycles. The van der Waals surface area contributed by atoms with Crippen LogP contribution < -0.4 is 5.32 Å². The minimum absolute atomic E-state index is 0.000812. The Morgan fingerprint density at radius 1 is 1.06 bits per heavy atom. The number of nitrogens with one attached hydrogen (secondary N) is 1. The fourth-order valence-electron chi connectivity index (χ4n) is 7.03. The fraction of sp³-hybridized carbons (Fsp3) is 0.500. The highest BCUT2D eigenvalue weighted by Gasteiger charge is 2.58. The van der Waals surface area contributed by atoms with Crippen LogP contribution in [0.2, 0.25) is 5.02 Å². The summed E-state index contributed by atoms with van der Waals surface area (Å²) in [4.78, 5) is 41.8. The second kappa shape index (κ2) is 14.2. The number of hydrogen-bond donors (Lipinski definition) is 1. The largest absolute Gasteiger partial charge is 0.466 e. The highest BCUT2D eigenvalue weighted by Crippen LogP contribution is 2.39. The lowest BCUT2D eigenvalue weighted by Gasteiger charge is -2.47. The third kappa shape index (κ3) is 6.75. The number of nitrogens with zero attached hydrogens (tertiary/aromatic N) is 2. The second-order valence-corrected chi connectivity index (χ2v) is 14.9. The molecule has 6 rings (SSSR count). The first-order valence-electron chi connectivity index (χ1n) is 16.4. The molecule has 1 aliphatic carbocycles. The van der Waals surface area contributed by atoms with Gasteiger partial charge in [0.25, 0.3) is 11.8 Å². The number of Topliss-reactive ketones (excluding diaryl/α,β-unsaturated/α-hetero) is 1. The average Bonchev–Trinajstić information content (AvgIpc) is 3.83. The topological polar surface area (TPSA) is 135 Å². The van der Waals surface area contributed by atoms with Crippen LogP contribution in [0, 0.1) is 11.7 Å². The van der Waals surface area contributed by atoms with Crippen molar-refractivity contribution in [1.29, 1.82) is 0 Å². The maximum Gasteiger partial charge on any atom is 0.308 e. The van der Waals surface area contributed by atoms with Gasteiger partial charge in [0.05, 0.1) is 40.7 Å². The number of hydrogen-bond acceptors (Lipinski definition) is 9. The van der Waals surface area contributed by atoms with Crippen LogP contribution in [0.1, 0.15) is 67.8 Å². The summed E-state index contributed by atoms with van der Waals surface area (Å²) in [5.41, 5.74) is 0.705. The van der Waals surface area contributed by atoms with Crippen LogP contribution in [0.4, 0.5) is 10.1 Å². The number of halogens is 2. The Morgan fingerprint density at radius 3 is 2.48 bits per heavy atom. The Balaban J connectivity index is 1.28. The zero-order valence-corrected chi connectivity index (χ0v) is 28.3. The van der Waals surface area contributed by atoms with E-state index in [-0.39, 0.29) is 52.6 Å². The number of anilines is 1. The molecule has 1 aromatic heterocycles. The van der Waals surface area contributed by atoms with Gasteiger partial charge in [-0.3, -0.25) is 19.3 Å². The van der Waals surface area contributed by atoms with E-state index >= 15 is 4.39 Å². The summed E-state index contributed by atoms with van der Waals surface area (Å²) in [6.45, 7) is 2.96. The second-order valence-electron chi connectivity index (χ2n) is 12.5. The molecule has 14 heteroatoms. The predicted molar refractivity (Wildman–Crippen MR) is 176 cm³/mol. The summed E-state index contributed by atoms with van der Waals surface area (Å²) >= 11 is 6.54. The maximum atomic E-state index is 15.8. The Morgan fingerprint density at radius 2 is 1.79 bits per heavy atom. The fourth-order valence-corrected chi connectivity index (χ4v) is 9.02. The van der Waals surface area contributed by atoms with Gasteiger partial charge in [0.1, 0.15) is 17.7 Å². The van der Waals surface area contributed by atoms with E-state index in [1.807, 2.05) is 0 Å². The van der Waals surface area contributed by atoms with E-state index in [2.05, 4.69) is 5.32 Å². The molecule has 0 bridgehead atoms. The van der Waals surface area contributed by atoms with Crippen LogP contribution >= 0.6 is 11.6 Å². The van der Waals surface area contributed by atoms with Crippen LogP contribution in [0.15, 0.2) is 47.1 Å². The van der Waals surface area contributed by atoms with E-state index < -0.39 is 45.9 Å². The molecule has 48 heavy (non-hydrogen) atoms. The molecule has 1 N–H and O–H groups in total. The van der Waals surface area contributed by atoms with E-state index in [1.165, 1.54) is 12.3 Å². The zero-order chi connectivity index (χ0) is 34.1. The number of sulfonamides is 1. The van der Waals surface area contributed by atoms with Crippen molar-refractivity contribution in [2.45, 2.75) is 70.2 Å². The van der Waals surface area contributed by atoms with E-state index in [1.54, 1.807) is 36.1 Å². The molecule has 1 amide bonds. The number of carbonyl (C=O) groups is 3. The Hall–Kier alpha value is -3.36. The molecule has 3 heterocycles. The third-order valence-corrected chi connectivity index (χ3v) is 11.6. The lowest BCUT2D eigenvalue weighted by Crippen LogP contribution is -2.68. The van der Waals surface area contributed by atoms with Crippen molar-refractivity contribution in [1.82, 2.24) is 9.21 Å². The number of fused-ring (bicyclic) bond motifs is 1. The molecule has 2 saturated heterocycles. The summed E-state index contributed by atoms with van der Waals surface area (Å²) in [6.07, 6.45) is 3.91. The average molecular weight is 704 g/mol. The normalized spacial score (nSPS) is 22.8. The van der Waals surface area contributed by atoms with Crippen molar-refractivity contribution in [2.75, 3.05) is 37.3 Å². The van der Waals surface area contributed by atoms with E-state index in [9.17, 15) is 22.8 Å². The van der Waals surface area contributed by atoms with Gasteiger partial charge in [0.2, 0.25) is 15.8 Å². The standard InChI is InChI=1S/C34H39ClFN3O8S/c1-2-45-33(42)22-10-12-24(13-11-22)47-34(38-14-5-6-15-38,39-16-7-17-48(39,43)44)31(40)19-23-18-27(35)29(20-28(23)36)37-32(41)26-21-46-30-9-4-3-8-25(26)30/h3-4,8-9,18,20-22,24H,2,5-7,10-17,19H2,1H3,(H,37,41)/t22-,24-,34?. The van der Waals surface area contributed by atoms with Gasteiger partial charge in [-0.2, -0.15) is 4.31 Å². The highest BCUT2D eigenvalue weighted by molar-refractivity contribution is 7.89. The number of rotatable bonds is 11. The Labute approximate surface area is 283 Å². The van der Waals surface area contributed by atoms with Gasteiger partial charge < -0.3 is 19.2 Å². The summed E-state index contributed by atoms with van der Waals surface area (Å²) in [5.74, 6) is -4.65. The zero-order valence-electron chi connectivity index (χ0n) is 26.7. The lowest BCUT2D eigenvalue weighted by molar-refractivity contribution is -0.234. The molecular weight excluding hydrogens is 665 g/mol. The van der Waals surface area contributed by atoms with E-state index in [0.717, 1.165) is 23.2 Å². The smallest absolute Gasteiger partial charge is 0.308 e. The number of furan rings is 1. The minimum Gasteiger partial charge on any atom is -0.466 e. The molecule has 3 aromatic rings. The van der Waals surface area contributed by atoms with Crippen LogP contribution in [-0.4, -0.2) is 79.2 Å². The van der Waals surface area contributed by atoms with Crippen molar-refractivity contribution in [3.63, 3.8) is 0 Å². The number of ketones is 1. The number of para-hydroxylation sites is 1. The lowest BCUT2D eigenvalue weighted by atomic mass is 9.87. The SMILES string of the molecule is CCOC(=O)[C@H]1CC[C@H](OC(C(=O)Cc2cc(Cl)c(NC(=O)c3coc4ccccc34)cc2F)(N2CCCC2)N2CCCS2(=O)=O)CC1.